The first-order valence-corrected chi connectivity index (χ1v) is 4.19. The molecule has 60 valence electrons. The average Bonchev–Trinajstić information content (AvgIpc) is 2.01. The highest BCUT2D eigenvalue weighted by molar-refractivity contribution is 8.00. The molecule has 0 bridgehead atoms. The maximum atomic E-state index is 10.8. The molecule has 0 rings (SSSR count). The Labute approximate surface area is 64.8 Å². The van der Waals surface area contributed by atoms with Crippen LogP contribution in [0.15, 0.2) is 0 Å². The molecule has 3 nitrogen and oxygen atoms in total. The molecule has 4 heteroatoms. The quantitative estimate of drug-likeness (QED) is 0.490. The van der Waals surface area contributed by atoms with Crippen LogP contribution in [0, 0.1) is 0 Å². The van der Waals surface area contributed by atoms with Gasteiger partial charge in [0, 0.05) is 0 Å². The molecule has 0 heterocycles. The minimum atomic E-state index is -1.35. The summed E-state index contributed by atoms with van der Waals surface area (Å²) in [5, 5.41) is 9.39. The zero-order valence-corrected chi connectivity index (χ0v) is 7.20. The zero-order valence-electron chi connectivity index (χ0n) is 6.38. The van der Waals surface area contributed by atoms with Crippen LogP contribution in [0.1, 0.15) is 13.3 Å². The summed E-state index contributed by atoms with van der Waals surface area (Å²) in [5.74, 6) is -0.581. The molecule has 0 aliphatic rings. The second-order valence-corrected chi connectivity index (χ2v) is 2.92. The lowest BCUT2D eigenvalue weighted by Gasteiger charge is -2.20. The van der Waals surface area contributed by atoms with Crippen molar-refractivity contribution in [1.29, 1.82) is 0 Å². The molecule has 0 aromatic rings. The second-order valence-electron chi connectivity index (χ2n) is 1.83. The number of carbonyl (C=O) groups excluding carboxylic acids is 1. The van der Waals surface area contributed by atoms with Gasteiger partial charge in [-0.1, -0.05) is 6.92 Å². The molecule has 0 saturated carbocycles. The standard InChI is InChI=1S/C6H12O3S/c1-4-6(8,10-3)5(7)9-2/h8H,4H2,1-3H3. The Morgan fingerprint density at radius 3 is 2.40 bits per heavy atom. The van der Waals surface area contributed by atoms with Gasteiger partial charge in [-0.3, -0.25) is 0 Å². The van der Waals surface area contributed by atoms with Gasteiger partial charge in [0.05, 0.1) is 7.11 Å². The van der Waals surface area contributed by atoms with Crippen molar-refractivity contribution in [3.05, 3.63) is 0 Å². The van der Waals surface area contributed by atoms with Crippen LogP contribution < -0.4 is 0 Å². The lowest BCUT2D eigenvalue weighted by Crippen LogP contribution is -2.34. The molecule has 1 unspecified atom stereocenters. The van der Waals surface area contributed by atoms with Crippen molar-refractivity contribution in [2.24, 2.45) is 0 Å². The Hall–Kier alpha value is -0.220. The molecule has 1 N–H and O–H groups in total. The molecule has 0 fully saturated rings. The maximum Gasteiger partial charge on any atom is 0.348 e. The van der Waals surface area contributed by atoms with Crippen LogP contribution in [0.25, 0.3) is 0 Å². The van der Waals surface area contributed by atoms with Gasteiger partial charge in [-0.15, -0.1) is 11.8 Å². The van der Waals surface area contributed by atoms with Crippen LogP contribution in [0.5, 0.6) is 0 Å². The summed E-state index contributed by atoms with van der Waals surface area (Å²) in [6.07, 6.45) is 2.03. The summed E-state index contributed by atoms with van der Waals surface area (Å²) in [7, 11) is 1.26. The smallest absolute Gasteiger partial charge is 0.348 e. The predicted octanol–water partition coefficient (Wildman–Crippen LogP) is 0.621. The Morgan fingerprint density at radius 2 is 2.30 bits per heavy atom. The third kappa shape index (κ3) is 1.88. The van der Waals surface area contributed by atoms with Crippen molar-refractivity contribution in [3.8, 4) is 0 Å². The molecule has 0 radical (unpaired) electrons. The highest BCUT2D eigenvalue weighted by Crippen LogP contribution is 2.24. The molecule has 0 aliphatic heterocycles. The van der Waals surface area contributed by atoms with Gasteiger partial charge >= 0.3 is 5.97 Å². The van der Waals surface area contributed by atoms with Gasteiger partial charge < -0.3 is 9.84 Å². The summed E-state index contributed by atoms with van der Waals surface area (Å²) in [6, 6.07) is 0. The summed E-state index contributed by atoms with van der Waals surface area (Å²) in [5.41, 5.74) is 0. The van der Waals surface area contributed by atoms with E-state index in [4.69, 9.17) is 0 Å². The second kappa shape index (κ2) is 3.83. The Morgan fingerprint density at radius 1 is 1.80 bits per heavy atom. The molecule has 0 spiro atoms. The van der Waals surface area contributed by atoms with E-state index in [0.29, 0.717) is 6.42 Å². The van der Waals surface area contributed by atoms with Crippen molar-refractivity contribution in [3.63, 3.8) is 0 Å². The first-order chi connectivity index (χ1) is 4.60. The Bertz CT molecular complexity index is 120. The van der Waals surface area contributed by atoms with Gasteiger partial charge in [0.1, 0.15) is 0 Å². The molecule has 0 aliphatic carbocycles. The van der Waals surface area contributed by atoms with Gasteiger partial charge in [-0.05, 0) is 12.7 Å². The number of thioether (sulfide) groups is 1. The number of hydrogen-bond acceptors (Lipinski definition) is 4. The molecule has 0 aromatic carbocycles. The summed E-state index contributed by atoms with van der Waals surface area (Å²) in [4.78, 5) is 9.45. The van der Waals surface area contributed by atoms with Gasteiger partial charge in [0.2, 0.25) is 4.93 Å². The third-order valence-corrected chi connectivity index (χ3v) is 2.45. The van der Waals surface area contributed by atoms with Crippen LogP contribution in [-0.4, -0.2) is 29.4 Å². The molecule has 0 amide bonds. The lowest BCUT2D eigenvalue weighted by atomic mass is 10.3. The van der Waals surface area contributed by atoms with Crippen LogP contribution in [0.4, 0.5) is 0 Å². The van der Waals surface area contributed by atoms with E-state index in [-0.39, 0.29) is 0 Å². The van der Waals surface area contributed by atoms with E-state index in [0.717, 1.165) is 11.8 Å². The number of methoxy groups -OCH3 is 1. The largest absolute Gasteiger partial charge is 0.466 e. The first-order valence-electron chi connectivity index (χ1n) is 2.96. The number of esters is 1. The van der Waals surface area contributed by atoms with E-state index in [1.54, 1.807) is 13.2 Å². The van der Waals surface area contributed by atoms with Crippen molar-refractivity contribution in [1.82, 2.24) is 0 Å². The molecule has 0 aromatic heterocycles. The van der Waals surface area contributed by atoms with Crippen molar-refractivity contribution in [2.75, 3.05) is 13.4 Å². The fraction of sp³-hybridized carbons (Fsp3) is 0.833. The van der Waals surface area contributed by atoms with Crippen LogP contribution in [0.3, 0.4) is 0 Å². The number of carbonyl (C=O) groups is 1. The van der Waals surface area contributed by atoms with E-state index in [2.05, 4.69) is 4.74 Å². The Balaban J connectivity index is 4.17. The van der Waals surface area contributed by atoms with Gasteiger partial charge in [0.15, 0.2) is 0 Å². The van der Waals surface area contributed by atoms with Crippen LogP contribution in [-0.2, 0) is 9.53 Å². The molecule has 10 heavy (non-hydrogen) atoms. The molecular formula is C6H12O3S. The van der Waals surface area contributed by atoms with Crippen LogP contribution >= 0.6 is 11.8 Å². The van der Waals surface area contributed by atoms with Crippen molar-refractivity contribution >= 4 is 17.7 Å². The third-order valence-electron chi connectivity index (χ3n) is 1.32. The first kappa shape index (κ1) is 9.78. The van der Waals surface area contributed by atoms with E-state index in [1.165, 1.54) is 7.11 Å². The lowest BCUT2D eigenvalue weighted by molar-refractivity contribution is -0.153. The summed E-state index contributed by atoms with van der Waals surface area (Å²) >= 11 is 1.09. The van der Waals surface area contributed by atoms with E-state index in [9.17, 15) is 9.90 Å². The average molecular weight is 164 g/mol. The molecular weight excluding hydrogens is 152 g/mol. The fourth-order valence-corrected chi connectivity index (χ4v) is 1.07. The van der Waals surface area contributed by atoms with Gasteiger partial charge in [-0.25, -0.2) is 4.79 Å². The number of ether oxygens (including phenoxy) is 1. The number of hydrogen-bond donors (Lipinski definition) is 1. The molecule has 0 saturated heterocycles. The topological polar surface area (TPSA) is 46.5 Å². The molecule has 1 atom stereocenters. The van der Waals surface area contributed by atoms with E-state index < -0.39 is 10.9 Å². The zero-order chi connectivity index (χ0) is 8.20. The number of aliphatic hydroxyl groups is 1. The normalized spacial score (nSPS) is 16.0. The maximum absolute atomic E-state index is 10.8. The fourth-order valence-electron chi connectivity index (χ4n) is 0.531. The summed E-state index contributed by atoms with van der Waals surface area (Å²) < 4.78 is 4.39. The minimum Gasteiger partial charge on any atom is -0.466 e. The SMILES string of the molecule is CCC(O)(SC)C(=O)OC. The van der Waals surface area contributed by atoms with Gasteiger partial charge in [0.25, 0.3) is 0 Å². The van der Waals surface area contributed by atoms with Crippen molar-refractivity contribution < 1.29 is 14.6 Å². The van der Waals surface area contributed by atoms with Crippen molar-refractivity contribution in [2.45, 2.75) is 18.3 Å². The highest BCUT2D eigenvalue weighted by atomic mass is 32.2. The highest BCUT2D eigenvalue weighted by Gasteiger charge is 2.33. The monoisotopic (exact) mass is 164 g/mol. The summed E-state index contributed by atoms with van der Waals surface area (Å²) in [6.45, 7) is 1.73. The minimum absolute atomic E-state index is 0.362. The van der Waals surface area contributed by atoms with Crippen LogP contribution in [0.2, 0.25) is 0 Å². The number of rotatable bonds is 3. The van der Waals surface area contributed by atoms with E-state index in [1.807, 2.05) is 0 Å². The van der Waals surface area contributed by atoms with Gasteiger partial charge in [-0.2, -0.15) is 0 Å². The Kier molecular flexibility index (Phi) is 3.75. The van der Waals surface area contributed by atoms with E-state index >= 15 is 0 Å². The predicted molar refractivity (Wildman–Crippen MR) is 40.8 cm³/mol.